The third kappa shape index (κ3) is 3.58. The lowest BCUT2D eigenvalue weighted by Crippen LogP contribution is -2.52. The maximum Gasteiger partial charge on any atom is 0.407 e. The number of hydrogen-bond acceptors (Lipinski definition) is 5. The van der Waals surface area contributed by atoms with Crippen LogP contribution in [0.2, 0.25) is 0 Å². The standard InChI is InChI=1S/C26H27N3O3/c30-26(32-24-16-29-12-8-17(24)9-13-29)28-22-10-14-31-23-15-19(6-7-21(22)23)20-5-1-3-18-4-2-11-27-25(18)20/h1-7,11,15,17,22,24H,8-10,12-14,16H2,(H,28,30)/t22?,24-/m1/s1. The van der Waals surface area contributed by atoms with Crippen LogP contribution in [0.5, 0.6) is 5.75 Å². The van der Waals surface area contributed by atoms with Gasteiger partial charge in [-0.15, -0.1) is 0 Å². The number of carbonyl (C=O) groups is 1. The van der Waals surface area contributed by atoms with Crippen molar-refractivity contribution in [1.29, 1.82) is 0 Å². The van der Waals surface area contributed by atoms with Crippen LogP contribution in [0.3, 0.4) is 0 Å². The molecule has 2 bridgehead atoms. The van der Waals surface area contributed by atoms with E-state index in [1.54, 1.807) is 0 Å². The highest BCUT2D eigenvalue weighted by atomic mass is 16.6. The molecule has 1 N–H and O–H groups in total. The molecule has 3 saturated heterocycles. The quantitative estimate of drug-likeness (QED) is 0.662. The van der Waals surface area contributed by atoms with Gasteiger partial charge in [0.1, 0.15) is 11.9 Å². The monoisotopic (exact) mass is 429 g/mol. The third-order valence-corrected chi connectivity index (χ3v) is 7.14. The number of aromatic nitrogens is 1. The molecule has 7 rings (SSSR count). The van der Waals surface area contributed by atoms with Gasteiger partial charge in [-0.25, -0.2) is 4.79 Å². The molecule has 164 valence electrons. The molecule has 1 amide bonds. The molecule has 1 unspecified atom stereocenters. The molecule has 5 heterocycles. The average Bonchev–Trinajstić information content (AvgIpc) is 2.84. The minimum Gasteiger partial charge on any atom is -0.493 e. The molecule has 3 aromatic rings. The normalized spacial score (nSPS) is 26.2. The number of nitrogens with zero attached hydrogens (tertiary/aromatic N) is 2. The highest BCUT2D eigenvalue weighted by Crippen LogP contribution is 2.37. The second-order valence-corrected chi connectivity index (χ2v) is 9.05. The van der Waals surface area contributed by atoms with E-state index in [1.165, 1.54) is 0 Å². The number of rotatable bonds is 3. The van der Waals surface area contributed by atoms with E-state index in [-0.39, 0.29) is 18.2 Å². The topological polar surface area (TPSA) is 63.7 Å². The first-order valence-electron chi connectivity index (χ1n) is 11.5. The van der Waals surface area contributed by atoms with Gasteiger partial charge < -0.3 is 14.8 Å². The Labute approximate surface area is 187 Å². The number of hydrogen-bond donors (Lipinski definition) is 1. The molecule has 6 nitrogen and oxygen atoms in total. The van der Waals surface area contributed by atoms with E-state index in [4.69, 9.17) is 9.47 Å². The number of carbonyl (C=O) groups excluding carboxylic acids is 1. The fourth-order valence-electron chi connectivity index (χ4n) is 5.40. The van der Waals surface area contributed by atoms with E-state index >= 15 is 0 Å². The Balaban J connectivity index is 1.21. The van der Waals surface area contributed by atoms with E-state index < -0.39 is 0 Å². The van der Waals surface area contributed by atoms with E-state index in [0.717, 1.165) is 72.2 Å². The predicted octanol–water partition coefficient (Wildman–Crippen LogP) is 4.55. The maximum absolute atomic E-state index is 12.7. The van der Waals surface area contributed by atoms with Crippen LogP contribution in [0, 0.1) is 5.92 Å². The Morgan fingerprint density at radius 1 is 1.09 bits per heavy atom. The van der Waals surface area contributed by atoms with Crippen molar-refractivity contribution in [2.75, 3.05) is 26.2 Å². The summed E-state index contributed by atoms with van der Waals surface area (Å²) in [6.07, 6.45) is 4.51. The smallest absolute Gasteiger partial charge is 0.407 e. The lowest BCUT2D eigenvalue weighted by Gasteiger charge is -2.44. The van der Waals surface area contributed by atoms with Crippen LogP contribution in [-0.4, -0.2) is 48.3 Å². The lowest BCUT2D eigenvalue weighted by molar-refractivity contribution is -0.0342. The van der Waals surface area contributed by atoms with Gasteiger partial charge in [0.2, 0.25) is 0 Å². The molecule has 2 atom stereocenters. The number of piperidine rings is 3. The molecule has 32 heavy (non-hydrogen) atoms. The first kappa shape index (κ1) is 19.6. The second kappa shape index (κ2) is 8.10. The van der Waals surface area contributed by atoms with Crippen LogP contribution in [0.15, 0.2) is 54.7 Å². The Bertz CT molecular complexity index is 1150. The predicted molar refractivity (Wildman–Crippen MR) is 123 cm³/mol. The first-order valence-corrected chi connectivity index (χ1v) is 11.5. The maximum atomic E-state index is 12.7. The summed E-state index contributed by atoms with van der Waals surface area (Å²) in [6, 6.07) is 16.3. The van der Waals surface area contributed by atoms with Crippen molar-refractivity contribution in [3.05, 3.63) is 60.3 Å². The minimum atomic E-state index is -0.316. The molecule has 0 saturated carbocycles. The number of ether oxygens (including phenoxy) is 2. The molecular weight excluding hydrogens is 402 g/mol. The zero-order chi connectivity index (χ0) is 21.5. The van der Waals surface area contributed by atoms with Crippen molar-refractivity contribution in [3.8, 4) is 16.9 Å². The van der Waals surface area contributed by atoms with E-state index in [1.807, 2.05) is 12.3 Å². The van der Waals surface area contributed by atoms with Crippen LogP contribution in [0.4, 0.5) is 4.79 Å². The summed E-state index contributed by atoms with van der Waals surface area (Å²) in [5.74, 6) is 1.32. The molecule has 4 aliphatic rings. The van der Waals surface area contributed by atoms with Crippen LogP contribution < -0.4 is 10.1 Å². The number of alkyl carbamates (subject to hydrolysis) is 1. The number of nitrogens with one attached hydrogen (secondary N) is 1. The van der Waals surface area contributed by atoms with Gasteiger partial charge in [0.05, 0.1) is 18.2 Å². The number of amides is 1. The largest absolute Gasteiger partial charge is 0.493 e. The molecule has 4 aliphatic heterocycles. The Kier molecular flexibility index (Phi) is 4.95. The van der Waals surface area contributed by atoms with Crippen molar-refractivity contribution in [2.24, 2.45) is 5.92 Å². The zero-order valence-corrected chi connectivity index (χ0v) is 18.0. The number of pyridine rings is 1. The molecular formula is C26H27N3O3. The number of para-hydroxylation sites is 1. The van der Waals surface area contributed by atoms with Crippen LogP contribution in [0.25, 0.3) is 22.0 Å². The van der Waals surface area contributed by atoms with Gasteiger partial charge in [-0.2, -0.15) is 0 Å². The second-order valence-electron chi connectivity index (χ2n) is 9.05. The minimum absolute atomic E-state index is 0.0121. The number of fused-ring (bicyclic) bond motifs is 5. The van der Waals surface area contributed by atoms with Crippen molar-refractivity contribution in [3.63, 3.8) is 0 Å². The molecule has 0 aliphatic carbocycles. The fraction of sp³-hybridized carbons (Fsp3) is 0.385. The van der Waals surface area contributed by atoms with E-state index in [9.17, 15) is 4.79 Å². The Morgan fingerprint density at radius 3 is 2.81 bits per heavy atom. The van der Waals surface area contributed by atoms with Crippen LogP contribution in [0.1, 0.15) is 30.9 Å². The molecule has 3 fully saturated rings. The summed E-state index contributed by atoms with van der Waals surface area (Å²) in [6.45, 7) is 3.70. The van der Waals surface area contributed by atoms with Crippen molar-refractivity contribution < 1.29 is 14.3 Å². The highest BCUT2D eigenvalue weighted by molar-refractivity contribution is 5.93. The molecule has 2 aromatic carbocycles. The Hall–Kier alpha value is -3.12. The fourth-order valence-corrected chi connectivity index (χ4v) is 5.40. The summed E-state index contributed by atoms with van der Waals surface area (Å²) >= 11 is 0. The first-order chi connectivity index (χ1) is 15.7. The third-order valence-electron chi connectivity index (χ3n) is 7.14. The molecule has 0 radical (unpaired) electrons. The summed E-state index contributed by atoms with van der Waals surface area (Å²) < 4.78 is 11.8. The van der Waals surface area contributed by atoms with Gasteiger partial charge in [0.25, 0.3) is 0 Å². The van der Waals surface area contributed by atoms with E-state index in [2.05, 4.69) is 57.7 Å². The number of benzene rings is 2. The summed E-state index contributed by atoms with van der Waals surface area (Å²) in [7, 11) is 0. The van der Waals surface area contributed by atoms with Gasteiger partial charge in [0, 0.05) is 35.7 Å². The van der Waals surface area contributed by atoms with Gasteiger partial charge >= 0.3 is 6.09 Å². The van der Waals surface area contributed by atoms with E-state index in [0.29, 0.717) is 12.5 Å². The van der Waals surface area contributed by atoms with Gasteiger partial charge in [0.15, 0.2) is 0 Å². The Morgan fingerprint density at radius 2 is 1.97 bits per heavy atom. The van der Waals surface area contributed by atoms with Crippen LogP contribution in [-0.2, 0) is 4.74 Å². The van der Waals surface area contributed by atoms with Crippen molar-refractivity contribution in [1.82, 2.24) is 15.2 Å². The summed E-state index contributed by atoms with van der Waals surface area (Å²) in [4.78, 5) is 19.7. The molecule has 6 heteroatoms. The van der Waals surface area contributed by atoms with Crippen LogP contribution >= 0.6 is 0 Å². The van der Waals surface area contributed by atoms with Crippen molar-refractivity contribution >= 4 is 17.0 Å². The zero-order valence-electron chi connectivity index (χ0n) is 18.0. The average molecular weight is 430 g/mol. The van der Waals surface area contributed by atoms with Gasteiger partial charge in [-0.1, -0.05) is 36.4 Å². The lowest BCUT2D eigenvalue weighted by atomic mass is 9.86. The SMILES string of the molecule is O=C(NC1CCOc2cc(-c3cccc4cccnc34)ccc21)O[C@@H]1CN2CCC1CC2. The summed E-state index contributed by atoms with van der Waals surface area (Å²) in [5, 5.41) is 4.21. The summed E-state index contributed by atoms with van der Waals surface area (Å²) in [5.41, 5.74) is 4.11. The van der Waals surface area contributed by atoms with Gasteiger partial charge in [-0.05, 0) is 49.5 Å². The highest BCUT2D eigenvalue weighted by Gasteiger charge is 2.37. The van der Waals surface area contributed by atoms with Crippen molar-refractivity contribution in [2.45, 2.75) is 31.4 Å². The molecule has 1 aromatic heterocycles. The van der Waals surface area contributed by atoms with Gasteiger partial charge in [-0.3, -0.25) is 9.88 Å². The molecule has 0 spiro atoms.